The predicted molar refractivity (Wildman–Crippen MR) is 113 cm³/mol. The minimum absolute atomic E-state index is 0.0502. The molecule has 0 N–H and O–H groups in total. The van der Waals surface area contributed by atoms with Gasteiger partial charge in [0.2, 0.25) is 5.91 Å². The number of anilines is 1. The highest BCUT2D eigenvalue weighted by molar-refractivity contribution is 7.12. The Morgan fingerprint density at radius 3 is 2.41 bits per heavy atom. The van der Waals surface area contributed by atoms with Gasteiger partial charge in [-0.25, -0.2) is 4.90 Å². The van der Waals surface area contributed by atoms with Crippen molar-refractivity contribution >= 4 is 46.3 Å². The fourth-order valence-electron chi connectivity index (χ4n) is 3.37. The molecule has 0 aliphatic carbocycles. The lowest BCUT2D eigenvalue weighted by atomic mass is 10.1. The zero-order valence-electron chi connectivity index (χ0n) is 15.3. The van der Waals surface area contributed by atoms with Gasteiger partial charge in [-0.15, -0.1) is 11.3 Å². The van der Waals surface area contributed by atoms with Crippen molar-refractivity contribution in [2.24, 2.45) is 0 Å². The molecule has 0 bridgehead atoms. The van der Waals surface area contributed by atoms with Crippen LogP contribution in [0.3, 0.4) is 0 Å². The maximum Gasteiger partial charge on any atom is 0.264 e. The van der Waals surface area contributed by atoms with E-state index in [1.54, 1.807) is 36.4 Å². The van der Waals surface area contributed by atoms with E-state index in [-0.39, 0.29) is 24.8 Å². The van der Waals surface area contributed by atoms with Crippen LogP contribution in [-0.2, 0) is 16.1 Å². The van der Waals surface area contributed by atoms with Crippen LogP contribution in [0.4, 0.5) is 5.69 Å². The van der Waals surface area contributed by atoms with Crippen LogP contribution in [0.5, 0.6) is 0 Å². The Kier molecular flexibility index (Phi) is 5.47. The maximum absolute atomic E-state index is 13.2. The third-order valence-corrected chi connectivity index (χ3v) is 5.88. The zero-order chi connectivity index (χ0) is 20.4. The van der Waals surface area contributed by atoms with E-state index in [4.69, 9.17) is 11.6 Å². The molecule has 29 heavy (non-hydrogen) atoms. The van der Waals surface area contributed by atoms with Crippen LogP contribution >= 0.6 is 22.9 Å². The first kappa shape index (κ1) is 19.4. The topological polar surface area (TPSA) is 57.7 Å². The molecule has 1 aliphatic heterocycles. The molecule has 0 spiro atoms. The smallest absolute Gasteiger partial charge is 0.264 e. The highest BCUT2D eigenvalue weighted by atomic mass is 35.5. The highest BCUT2D eigenvalue weighted by Gasteiger charge is 2.44. The Morgan fingerprint density at radius 1 is 1.03 bits per heavy atom. The maximum atomic E-state index is 13.2. The van der Waals surface area contributed by atoms with Gasteiger partial charge < -0.3 is 4.90 Å². The van der Waals surface area contributed by atoms with E-state index in [9.17, 15) is 14.4 Å². The van der Waals surface area contributed by atoms with Crippen LogP contribution < -0.4 is 4.90 Å². The Balaban J connectivity index is 1.66. The van der Waals surface area contributed by atoms with Gasteiger partial charge >= 0.3 is 0 Å². The van der Waals surface area contributed by atoms with Gasteiger partial charge in [0.1, 0.15) is 6.04 Å². The number of carbonyl (C=O) groups is 3. The summed E-state index contributed by atoms with van der Waals surface area (Å²) in [4.78, 5) is 42.2. The van der Waals surface area contributed by atoms with E-state index in [2.05, 4.69) is 0 Å². The van der Waals surface area contributed by atoms with Crippen molar-refractivity contribution in [1.82, 2.24) is 4.90 Å². The summed E-state index contributed by atoms with van der Waals surface area (Å²) in [6.07, 6.45) is -0.0502. The molecule has 4 rings (SSSR count). The quantitative estimate of drug-likeness (QED) is 0.571. The second-order valence-electron chi connectivity index (χ2n) is 6.66. The number of thiophene rings is 1. The summed E-state index contributed by atoms with van der Waals surface area (Å²) < 4.78 is 0. The molecule has 0 radical (unpaired) electrons. The van der Waals surface area contributed by atoms with Gasteiger partial charge in [0.15, 0.2) is 0 Å². The van der Waals surface area contributed by atoms with Gasteiger partial charge in [-0.2, -0.15) is 0 Å². The molecule has 2 heterocycles. The van der Waals surface area contributed by atoms with E-state index in [1.165, 1.54) is 16.2 Å². The molecule has 3 amide bonds. The summed E-state index contributed by atoms with van der Waals surface area (Å²) in [5, 5.41) is 2.33. The number of hydrogen-bond acceptors (Lipinski definition) is 4. The fraction of sp³-hybridized carbons (Fsp3) is 0.136. The van der Waals surface area contributed by atoms with Crippen molar-refractivity contribution in [3.63, 3.8) is 0 Å². The molecule has 0 saturated carbocycles. The number of hydrogen-bond donors (Lipinski definition) is 0. The standard InChI is InChI=1S/C22H17ClN2O3S/c23-16-8-10-17(11-9-16)25-20(26)13-18(21(25)27)24(14-15-5-2-1-3-6-15)22(28)19-7-4-12-29-19/h1-12,18H,13-14H2. The van der Waals surface area contributed by atoms with E-state index in [1.807, 2.05) is 35.7 Å². The molecular weight excluding hydrogens is 408 g/mol. The number of imide groups is 1. The lowest BCUT2D eigenvalue weighted by molar-refractivity contribution is -0.122. The number of benzene rings is 2. The lowest BCUT2D eigenvalue weighted by Gasteiger charge is -2.27. The Hall–Kier alpha value is -2.96. The van der Waals surface area contributed by atoms with Crippen LogP contribution in [0.2, 0.25) is 5.02 Å². The average molecular weight is 425 g/mol. The minimum atomic E-state index is -0.854. The second kappa shape index (κ2) is 8.19. The fourth-order valence-corrected chi connectivity index (χ4v) is 4.17. The Bertz CT molecular complexity index is 1040. The molecule has 1 atom stereocenters. The van der Waals surface area contributed by atoms with E-state index in [0.717, 1.165) is 10.5 Å². The van der Waals surface area contributed by atoms with Crippen molar-refractivity contribution < 1.29 is 14.4 Å². The third kappa shape index (κ3) is 3.95. The number of halogens is 1. The molecule has 2 aromatic carbocycles. The summed E-state index contributed by atoms with van der Waals surface area (Å²) >= 11 is 7.23. The number of carbonyl (C=O) groups excluding carboxylic acids is 3. The number of nitrogens with zero attached hydrogens (tertiary/aromatic N) is 2. The summed E-state index contributed by atoms with van der Waals surface area (Å²) in [7, 11) is 0. The van der Waals surface area contributed by atoms with Crippen LogP contribution in [0.25, 0.3) is 0 Å². The van der Waals surface area contributed by atoms with E-state index >= 15 is 0 Å². The van der Waals surface area contributed by atoms with Crippen LogP contribution in [0, 0.1) is 0 Å². The largest absolute Gasteiger partial charge is 0.321 e. The van der Waals surface area contributed by atoms with Crippen molar-refractivity contribution in [3.8, 4) is 0 Å². The summed E-state index contributed by atoms with van der Waals surface area (Å²) in [6.45, 7) is 0.246. The summed E-state index contributed by atoms with van der Waals surface area (Å²) in [5.41, 5.74) is 1.35. The van der Waals surface area contributed by atoms with Gasteiger partial charge in [-0.3, -0.25) is 14.4 Å². The molecule has 3 aromatic rings. The van der Waals surface area contributed by atoms with Gasteiger partial charge in [0, 0.05) is 11.6 Å². The minimum Gasteiger partial charge on any atom is -0.321 e. The molecule has 1 saturated heterocycles. The molecule has 1 unspecified atom stereocenters. The molecule has 5 nitrogen and oxygen atoms in total. The van der Waals surface area contributed by atoms with Crippen LogP contribution in [0.1, 0.15) is 21.7 Å². The van der Waals surface area contributed by atoms with Crippen LogP contribution in [-0.4, -0.2) is 28.7 Å². The molecular formula is C22H17ClN2O3S. The zero-order valence-corrected chi connectivity index (χ0v) is 16.9. The van der Waals surface area contributed by atoms with E-state index in [0.29, 0.717) is 15.6 Å². The number of rotatable bonds is 5. The van der Waals surface area contributed by atoms with Crippen molar-refractivity contribution in [2.45, 2.75) is 19.0 Å². The van der Waals surface area contributed by atoms with E-state index < -0.39 is 11.9 Å². The predicted octanol–water partition coefficient (Wildman–Crippen LogP) is 4.38. The normalized spacial score (nSPS) is 16.3. The van der Waals surface area contributed by atoms with Gasteiger partial charge in [0.25, 0.3) is 11.8 Å². The van der Waals surface area contributed by atoms with Gasteiger partial charge in [-0.05, 0) is 41.3 Å². The molecule has 1 aliphatic rings. The summed E-state index contributed by atoms with van der Waals surface area (Å²) in [5.74, 6) is -0.995. The van der Waals surface area contributed by atoms with Crippen LogP contribution in [0.15, 0.2) is 72.1 Å². The molecule has 7 heteroatoms. The molecule has 146 valence electrons. The second-order valence-corrected chi connectivity index (χ2v) is 8.04. The molecule has 1 fully saturated rings. The van der Waals surface area contributed by atoms with Crippen molar-refractivity contribution in [1.29, 1.82) is 0 Å². The third-order valence-electron chi connectivity index (χ3n) is 4.77. The molecule has 1 aromatic heterocycles. The number of amides is 3. The summed E-state index contributed by atoms with van der Waals surface area (Å²) in [6, 6.07) is 18.6. The first-order chi connectivity index (χ1) is 14.0. The van der Waals surface area contributed by atoms with Crippen molar-refractivity contribution in [3.05, 3.63) is 87.6 Å². The Morgan fingerprint density at radius 2 is 1.76 bits per heavy atom. The van der Waals surface area contributed by atoms with Crippen molar-refractivity contribution in [2.75, 3.05) is 4.90 Å². The average Bonchev–Trinajstić information content (AvgIpc) is 3.36. The van der Waals surface area contributed by atoms with Gasteiger partial charge in [0.05, 0.1) is 17.0 Å². The Labute approximate surface area is 177 Å². The monoisotopic (exact) mass is 424 g/mol. The first-order valence-corrected chi connectivity index (χ1v) is 10.3. The highest BCUT2D eigenvalue weighted by Crippen LogP contribution is 2.29. The van der Waals surface area contributed by atoms with Gasteiger partial charge in [-0.1, -0.05) is 48.0 Å². The SMILES string of the molecule is O=C1CC(N(Cc2ccccc2)C(=O)c2cccs2)C(=O)N1c1ccc(Cl)cc1. The lowest BCUT2D eigenvalue weighted by Crippen LogP contribution is -2.44. The first-order valence-electron chi connectivity index (χ1n) is 9.05.